The number of thioether (sulfide) groups is 2. The lowest BCUT2D eigenvalue weighted by Crippen LogP contribution is -2.58. The van der Waals surface area contributed by atoms with Crippen molar-refractivity contribution in [1.29, 1.82) is 0 Å². The third-order valence-electron chi connectivity index (χ3n) is 8.59. The lowest BCUT2D eigenvalue weighted by Gasteiger charge is -2.54. The van der Waals surface area contributed by atoms with Gasteiger partial charge in [-0.1, -0.05) is 24.3 Å². The fourth-order valence-corrected chi connectivity index (χ4v) is 9.80. The quantitative estimate of drug-likeness (QED) is 0.168. The summed E-state index contributed by atoms with van der Waals surface area (Å²) in [6, 6.07) is 15.9. The molecule has 10 heteroatoms. The average Bonchev–Trinajstić information content (AvgIpc) is 3.04. The van der Waals surface area contributed by atoms with Crippen LogP contribution in [-0.2, 0) is 41.7 Å². The Kier molecular flexibility index (Phi) is 12.3. The molecule has 3 heterocycles. The summed E-state index contributed by atoms with van der Waals surface area (Å²) in [5, 5.41) is 0. The molecular formula is C36H50O8S2. The highest BCUT2D eigenvalue weighted by molar-refractivity contribution is 8.18. The van der Waals surface area contributed by atoms with Crippen LogP contribution in [0.25, 0.3) is 0 Å². The van der Waals surface area contributed by atoms with Crippen molar-refractivity contribution in [3.63, 3.8) is 0 Å². The molecule has 3 aliphatic rings. The summed E-state index contributed by atoms with van der Waals surface area (Å²) < 4.78 is 42.9. The Balaban J connectivity index is 1.29. The summed E-state index contributed by atoms with van der Waals surface area (Å²) in [6.07, 6.45) is 4.46. The van der Waals surface area contributed by atoms with E-state index >= 15 is 0 Å². The maximum absolute atomic E-state index is 12.7. The molecule has 3 fully saturated rings. The van der Waals surface area contributed by atoms with Crippen molar-refractivity contribution in [3.05, 3.63) is 59.7 Å². The van der Waals surface area contributed by atoms with Crippen LogP contribution in [0.2, 0.25) is 0 Å². The van der Waals surface area contributed by atoms with E-state index in [1.807, 2.05) is 92.8 Å². The zero-order valence-corrected chi connectivity index (χ0v) is 29.6. The number of rotatable bonds is 12. The number of esters is 1. The molecule has 3 aliphatic heterocycles. The molecule has 5 rings (SSSR count). The zero-order chi connectivity index (χ0) is 32.6. The van der Waals surface area contributed by atoms with Gasteiger partial charge in [-0.05, 0) is 80.5 Å². The summed E-state index contributed by atoms with van der Waals surface area (Å²) in [6.45, 7) is 7.42. The van der Waals surface area contributed by atoms with Gasteiger partial charge >= 0.3 is 5.97 Å². The monoisotopic (exact) mass is 674 g/mol. The van der Waals surface area contributed by atoms with E-state index in [4.69, 9.17) is 33.2 Å². The lowest BCUT2D eigenvalue weighted by molar-refractivity contribution is -0.335. The number of methoxy groups -OCH3 is 2. The van der Waals surface area contributed by atoms with Crippen LogP contribution in [0.4, 0.5) is 0 Å². The van der Waals surface area contributed by atoms with E-state index in [1.54, 1.807) is 14.2 Å². The van der Waals surface area contributed by atoms with Crippen LogP contribution in [0.1, 0.15) is 70.4 Å². The first kappa shape index (κ1) is 35.4. The lowest BCUT2D eigenvalue weighted by atomic mass is 9.89. The van der Waals surface area contributed by atoms with Gasteiger partial charge in [0.15, 0.2) is 5.79 Å². The molecular weight excluding hydrogens is 625 g/mol. The number of benzene rings is 2. The van der Waals surface area contributed by atoms with Crippen LogP contribution in [0.3, 0.4) is 0 Å². The van der Waals surface area contributed by atoms with Gasteiger partial charge < -0.3 is 33.2 Å². The molecule has 0 saturated carbocycles. The van der Waals surface area contributed by atoms with E-state index in [0.717, 1.165) is 59.8 Å². The normalized spacial score (nSPS) is 26.2. The van der Waals surface area contributed by atoms with Gasteiger partial charge in [-0.3, -0.25) is 4.79 Å². The molecule has 0 bridgehead atoms. The first-order valence-electron chi connectivity index (χ1n) is 16.4. The molecule has 46 heavy (non-hydrogen) atoms. The van der Waals surface area contributed by atoms with Gasteiger partial charge in [0.1, 0.15) is 18.1 Å². The summed E-state index contributed by atoms with van der Waals surface area (Å²) >= 11 is 4.02. The van der Waals surface area contributed by atoms with Gasteiger partial charge in [-0.15, -0.1) is 23.5 Å². The van der Waals surface area contributed by atoms with Crippen LogP contribution in [0.15, 0.2) is 48.5 Å². The first-order chi connectivity index (χ1) is 22.1. The van der Waals surface area contributed by atoms with E-state index in [9.17, 15) is 4.79 Å². The first-order valence-corrected chi connectivity index (χ1v) is 18.3. The summed E-state index contributed by atoms with van der Waals surface area (Å²) in [4.78, 5) is 12.7. The Hall–Kier alpha value is -1.95. The minimum atomic E-state index is -0.835. The van der Waals surface area contributed by atoms with Crippen molar-refractivity contribution in [2.75, 3.05) is 38.9 Å². The Morgan fingerprint density at radius 1 is 0.870 bits per heavy atom. The number of hydrogen-bond acceptors (Lipinski definition) is 10. The van der Waals surface area contributed by atoms with Gasteiger partial charge in [0.05, 0.1) is 55.2 Å². The Bertz CT molecular complexity index is 1240. The van der Waals surface area contributed by atoms with Crippen molar-refractivity contribution >= 4 is 29.5 Å². The number of ether oxygens (including phenoxy) is 7. The fourth-order valence-electron chi connectivity index (χ4n) is 6.21. The Labute approximate surface area is 282 Å². The van der Waals surface area contributed by atoms with Gasteiger partial charge in [0.25, 0.3) is 0 Å². The molecule has 0 aromatic heterocycles. The van der Waals surface area contributed by atoms with Crippen molar-refractivity contribution in [2.24, 2.45) is 5.41 Å². The molecule has 0 unspecified atom stereocenters. The number of carbonyl (C=O) groups is 1. The molecule has 3 saturated heterocycles. The maximum Gasteiger partial charge on any atom is 0.311 e. The second kappa shape index (κ2) is 16.0. The third kappa shape index (κ3) is 9.80. The molecule has 2 spiro atoms. The summed E-state index contributed by atoms with van der Waals surface area (Å²) in [5.74, 6) is 2.82. The molecule has 0 aliphatic carbocycles. The van der Waals surface area contributed by atoms with Crippen LogP contribution in [-0.4, -0.2) is 73.1 Å². The predicted octanol–water partition coefficient (Wildman–Crippen LogP) is 7.41. The Morgan fingerprint density at radius 2 is 1.48 bits per heavy atom. The average molecular weight is 675 g/mol. The van der Waals surface area contributed by atoms with Crippen molar-refractivity contribution in [1.82, 2.24) is 0 Å². The predicted molar refractivity (Wildman–Crippen MR) is 182 cm³/mol. The van der Waals surface area contributed by atoms with E-state index in [-0.39, 0.29) is 35.0 Å². The number of carbonyl (C=O) groups excluding carboxylic acids is 1. The second-order valence-corrected chi connectivity index (χ2v) is 16.7. The topological polar surface area (TPSA) is 81.7 Å². The van der Waals surface area contributed by atoms with E-state index in [2.05, 4.69) is 0 Å². The van der Waals surface area contributed by atoms with E-state index in [0.29, 0.717) is 26.2 Å². The molecule has 0 amide bonds. The molecule has 2 aromatic carbocycles. The molecule has 254 valence electrons. The van der Waals surface area contributed by atoms with Crippen LogP contribution in [0.5, 0.6) is 11.5 Å². The minimum Gasteiger partial charge on any atom is -0.497 e. The van der Waals surface area contributed by atoms with Crippen LogP contribution in [0, 0.1) is 5.41 Å². The van der Waals surface area contributed by atoms with E-state index in [1.165, 1.54) is 6.42 Å². The largest absolute Gasteiger partial charge is 0.497 e. The highest BCUT2D eigenvalue weighted by Crippen LogP contribution is 2.56. The Morgan fingerprint density at radius 3 is 2.09 bits per heavy atom. The van der Waals surface area contributed by atoms with Gasteiger partial charge in [-0.25, -0.2) is 0 Å². The maximum atomic E-state index is 12.7. The van der Waals surface area contributed by atoms with Crippen molar-refractivity contribution in [3.8, 4) is 11.5 Å². The van der Waals surface area contributed by atoms with Gasteiger partial charge in [-0.2, -0.15) is 0 Å². The van der Waals surface area contributed by atoms with Crippen molar-refractivity contribution in [2.45, 2.75) is 101 Å². The van der Waals surface area contributed by atoms with Crippen LogP contribution < -0.4 is 9.47 Å². The molecule has 0 radical (unpaired) electrons. The second-order valence-electron chi connectivity index (χ2n) is 13.5. The fraction of sp³-hybridized carbons (Fsp3) is 0.639. The minimum absolute atomic E-state index is 0.0530. The highest BCUT2D eigenvalue weighted by atomic mass is 32.2. The van der Waals surface area contributed by atoms with E-state index < -0.39 is 11.2 Å². The van der Waals surface area contributed by atoms with Gasteiger partial charge in [0, 0.05) is 32.3 Å². The molecule has 4 atom stereocenters. The van der Waals surface area contributed by atoms with Crippen molar-refractivity contribution < 1.29 is 38.0 Å². The van der Waals surface area contributed by atoms with Gasteiger partial charge in [0.2, 0.25) is 0 Å². The molecule has 8 nitrogen and oxygen atoms in total. The summed E-state index contributed by atoms with van der Waals surface area (Å²) in [5.41, 5.74) is 1.61. The third-order valence-corrected chi connectivity index (χ3v) is 12.0. The zero-order valence-electron chi connectivity index (χ0n) is 27.9. The smallest absolute Gasteiger partial charge is 0.311 e. The molecule has 0 N–H and O–H groups in total. The molecule has 2 aromatic rings. The van der Waals surface area contributed by atoms with Crippen LogP contribution >= 0.6 is 23.5 Å². The summed E-state index contributed by atoms with van der Waals surface area (Å²) in [7, 11) is 3.34. The number of hydrogen-bond donors (Lipinski definition) is 0. The highest BCUT2D eigenvalue weighted by Gasteiger charge is 2.55. The SMILES string of the molecule is COc1ccc(COCC[C@H]2C[C@H](OCc3ccc(OC)cc3)C[C@@]3(CC4(C[C@H](COC(=O)C(C)(C)C)O3)SCCCS4)O2)cc1. The standard InChI is InChI=1S/C36H50O8S2/c1-34(2,3)33(37)42-24-32-21-36(45-17-6-18-46-36)25-35(44-32)20-31(41-23-27-9-13-29(39-5)14-10-27)19-30(43-35)15-16-40-22-26-7-11-28(38-4)12-8-26/h7-14,30-32H,6,15-25H2,1-5H3/t30-,31-,32+,35+/m0/s1.